The number of nitrogens with zero attached hydrogens (tertiary/aromatic N) is 2. The number of aromatic nitrogens is 1. The lowest BCUT2D eigenvalue weighted by molar-refractivity contribution is -0.137. The maximum atomic E-state index is 10.6. The summed E-state index contributed by atoms with van der Waals surface area (Å²) in [7, 11) is 0. The van der Waals surface area contributed by atoms with Gasteiger partial charge in [0.2, 0.25) is 0 Å². The molecule has 4 nitrogen and oxygen atoms in total. The second-order valence-corrected chi connectivity index (χ2v) is 4.62. The smallest absolute Gasteiger partial charge is 0.303 e. The minimum atomic E-state index is -0.751. The molecule has 0 spiro atoms. The first-order valence-electron chi connectivity index (χ1n) is 6.66. The first-order chi connectivity index (χ1) is 9.75. The highest BCUT2D eigenvalue weighted by Gasteiger charge is 2.08. The van der Waals surface area contributed by atoms with Gasteiger partial charge in [-0.2, -0.15) is 0 Å². The van der Waals surface area contributed by atoms with Crippen molar-refractivity contribution in [3.63, 3.8) is 0 Å². The highest BCUT2D eigenvalue weighted by Crippen LogP contribution is 2.17. The lowest BCUT2D eigenvalue weighted by Crippen LogP contribution is -2.24. The number of anilines is 1. The molecule has 0 amide bonds. The Balaban J connectivity index is 2.06. The van der Waals surface area contributed by atoms with Gasteiger partial charge in [0.1, 0.15) is 0 Å². The highest BCUT2D eigenvalue weighted by molar-refractivity contribution is 5.66. The molecule has 0 radical (unpaired) electrons. The summed E-state index contributed by atoms with van der Waals surface area (Å²) in [6, 6.07) is 14.0. The molecule has 1 aromatic carbocycles. The van der Waals surface area contributed by atoms with Crippen LogP contribution in [0, 0.1) is 0 Å². The van der Waals surface area contributed by atoms with Crippen LogP contribution in [0.25, 0.3) is 0 Å². The fourth-order valence-electron chi connectivity index (χ4n) is 2.07. The summed E-state index contributed by atoms with van der Waals surface area (Å²) in [6.07, 6.45) is 4.41. The third-order valence-electron chi connectivity index (χ3n) is 3.04. The number of carbonyl (C=O) groups is 1. The molecule has 2 rings (SSSR count). The maximum Gasteiger partial charge on any atom is 0.303 e. The molecule has 20 heavy (non-hydrogen) atoms. The number of rotatable bonds is 7. The summed E-state index contributed by atoms with van der Waals surface area (Å²) in [5.41, 5.74) is 2.22. The van der Waals surface area contributed by atoms with Crippen molar-refractivity contribution in [1.29, 1.82) is 0 Å². The summed E-state index contributed by atoms with van der Waals surface area (Å²) in [4.78, 5) is 16.9. The van der Waals surface area contributed by atoms with Gasteiger partial charge in [-0.1, -0.05) is 24.3 Å². The molecule has 0 aliphatic carbocycles. The van der Waals surface area contributed by atoms with Crippen LogP contribution in [-0.4, -0.2) is 22.6 Å². The van der Waals surface area contributed by atoms with E-state index in [2.05, 4.69) is 9.88 Å². The Morgan fingerprint density at radius 3 is 2.60 bits per heavy atom. The molecule has 2 aromatic rings. The van der Waals surface area contributed by atoms with E-state index in [1.54, 1.807) is 6.20 Å². The molecule has 1 aromatic heterocycles. The van der Waals surface area contributed by atoms with Crippen molar-refractivity contribution in [3.8, 4) is 0 Å². The predicted octanol–water partition coefficient (Wildman–Crippen LogP) is 2.95. The Morgan fingerprint density at radius 2 is 1.95 bits per heavy atom. The average molecular weight is 270 g/mol. The minimum absolute atomic E-state index is 0.191. The Hall–Kier alpha value is -2.36. The summed E-state index contributed by atoms with van der Waals surface area (Å²) in [5, 5.41) is 8.76. The van der Waals surface area contributed by atoms with Crippen LogP contribution in [-0.2, 0) is 11.3 Å². The summed E-state index contributed by atoms with van der Waals surface area (Å²) < 4.78 is 0. The maximum absolute atomic E-state index is 10.6. The third-order valence-corrected chi connectivity index (χ3v) is 3.04. The number of carboxylic acids is 1. The Kier molecular flexibility index (Phi) is 5.12. The van der Waals surface area contributed by atoms with Crippen molar-refractivity contribution >= 4 is 11.7 Å². The zero-order valence-corrected chi connectivity index (χ0v) is 11.3. The van der Waals surface area contributed by atoms with Crippen molar-refractivity contribution in [2.45, 2.75) is 19.4 Å². The van der Waals surface area contributed by atoms with Crippen LogP contribution in [0.5, 0.6) is 0 Å². The number of pyridine rings is 1. The average Bonchev–Trinajstić information content (AvgIpc) is 2.48. The highest BCUT2D eigenvalue weighted by atomic mass is 16.4. The standard InChI is InChI=1S/C16H18N2O2/c19-16(20)9-5-11-18(15-7-2-1-3-8-15)13-14-6-4-10-17-12-14/h1-4,6-8,10,12H,5,9,11,13H2,(H,19,20). The molecule has 4 heteroatoms. The van der Waals surface area contributed by atoms with Gasteiger partial charge in [-0.3, -0.25) is 9.78 Å². The fraction of sp³-hybridized carbons (Fsp3) is 0.250. The number of hydrogen-bond acceptors (Lipinski definition) is 3. The van der Waals surface area contributed by atoms with E-state index in [1.165, 1.54) is 0 Å². The van der Waals surface area contributed by atoms with Crippen LogP contribution in [0.2, 0.25) is 0 Å². The molecule has 0 atom stereocenters. The molecular formula is C16H18N2O2. The summed E-state index contributed by atoms with van der Waals surface area (Å²) in [6.45, 7) is 1.45. The number of hydrogen-bond donors (Lipinski definition) is 1. The number of carboxylic acid groups (broad SMARTS) is 1. The van der Waals surface area contributed by atoms with Crippen molar-refractivity contribution in [2.24, 2.45) is 0 Å². The molecule has 1 N–H and O–H groups in total. The topological polar surface area (TPSA) is 53.4 Å². The van der Waals surface area contributed by atoms with Crippen LogP contribution >= 0.6 is 0 Å². The van der Waals surface area contributed by atoms with Crippen LogP contribution in [0.4, 0.5) is 5.69 Å². The van der Waals surface area contributed by atoms with Gasteiger partial charge < -0.3 is 10.0 Å². The second kappa shape index (κ2) is 7.28. The number of benzene rings is 1. The largest absolute Gasteiger partial charge is 0.481 e. The van der Waals surface area contributed by atoms with E-state index in [4.69, 9.17) is 5.11 Å². The number of para-hydroxylation sites is 1. The molecule has 104 valence electrons. The Bertz CT molecular complexity index is 529. The van der Waals surface area contributed by atoms with Crippen LogP contribution < -0.4 is 4.90 Å². The van der Waals surface area contributed by atoms with Crippen molar-refractivity contribution in [2.75, 3.05) is 11.4 Å². The quantitative estimate of drug-likeness (QED) is 0.840. The Morgan fingerprint density at radius 1 is 1.15 bits per heavy atom. The number of aliphatic carboxylic acids is 1. The van der Waals surface area contributed by atoms with E-state index >= 15 is 0 Å². The van der Waals surface area contributed by atoms with E-state index < -0.39 is 5.97 Å². The second-order valence-electron chi connectivity index (χ2n) is 4.62. The first kappa shape index (κ1) is 14.1. The third kappa shape index (κ3) is 4.39. The molecular weight excluding hydrogens is 252 g/mol. The van der Waals surface area contributed by atoms with Gasteiger partial charge in [-0.15, -0.1) is 0 Å². The van der Waals surface area contributed by atoms with Crippen molar-refractivity contribution in [3.05, 3.63) is 60.4 Å². The molecule has 0 saturated heterocycles. The molecule has 0 bridgehead atoms. The molecule has 0 unspecified atom stereocenters. The normalized spacial score (nSPS) is 10.2. The van der Waals surface area contributed by atoms with E-state index in [0.717, 1.165) is 17.8 Å². The van der Waals surface area contributed by atoms with Gasteiger partial charge in [0, 0.05) is 37.6 Å². The van der Waals surface area contributed by atoms with Crippen LogP contribution in [0.3, 0.4) is 0 Å². The van der Waals surface area contributed by atoms with Crippen molar-refractivity contribution < 1.29 is 9.90 Å². The van der Waals surface area contributed by atoms with E-state index in [1.807, 2.05) is 48.7 Å². The van der Waals surface area contributed by atoms with Gasteiger partial charge in [0.25, 0.3) is 0 Å². The van der Waals surface area contributed by atoms with Gasteiger partial charge >= 0.3 is 5.97 Å². The molecule has 0 fully saturated rings. The molecule has 1 heterocycles. The Labute approximate surface area is 118 Å². The van der Waals surface area contributed by atoms with Crippen LogP contribution in [0.15, 0.2) is 54.9 Å². The van der Waals surface area contributed by atoms with E-state index in [0.29, 0.717) is 13.0 Å². The molecule has 0 aliphatic rings. The SMILES string of the molecule is O=C(O)CCCN(Cc1cccnc1)c1ccccc1. The van der Waals surface area contributed by atoms with E-state index in [9.17, 15) is 4.79 Å². The van der Waals surface area contributed by atoms with Gasteiger partial charge in [0.05, 0.1) is 0 Å². The first-order valence-corrected chi connectivity index (χ1v) is 6.66. The van der Waals surface area contributed by atoms with Gasteiger partial charge in [-0.05, 0) is 30.2 Å². The van der Waals surface area contributed by atoms with Gasteiger partial charge in [0.15, 0.2) is 0 Å². The van der Waals surface area contributed by atoms with E-state index in [-0.39, 0.29) is 6.42 Å². The minimum Gasteiger partial charge on any atom is -0.481 e. The zero-order chi connectivity index (χ0) is 14.2. The van der Waals surface area contributed by atoms with Crippen LogP contribution in [0.1, 0.15) is 18.4 Å². The molecule has 0 saturated carbocycles. The predicted molar refractivity (Wildman–Crippen MR) is 78.6 cm³/mol. The zero-order valence-electron chi connectivity index (χ0n) is 11.3. The monoisotopic (exact) mass is 270 g/mol. The lowest BCUT2D eigenvalue weighted by Gasteiger charge is -2.24. The summed E-state index contributed by atoms with van der Waals surface area (Å²) in [5.74, 6) is -0.751. The fourth-order valence-corrected chi connectivity index (χ4v) is 2.07. The van der Waals surface area contributed by atoms with Crippen molar-refractivity contribution in [1.82, 2.24) is 4.98 Å². The molecule has 0 aliphatic heterocycles. The summed E-state index contributed by atoms with van der Waals surface area (Å²) >= 11 is 0. The van der Waals surface area contributed by atoms with Gasteiger partial charge in [-0.25, -0.2) is 0 Å². The lowest BCUT2D eigenvalue weighted by atomic mass is 10.2.